The molecular formula is C28H34N2O5. The van der Waals surface area contributed by atoms with Crippen LogP contribution in [0, 0.1) is 5.92 Å². The Morgan fingerprint density at radius 2 is 1.66 bits per heavy atom. The monoisotopic (exact) mass is 478 g/mol. The van der Waals surface area contributed by atoms with Crippen LogP contribution in [0.2, 0.25) is 0 Å². The Labute approximate surface area is 206 Å². The summed E-state index contributed by atoms with van der Waals surface area (Å²) in [4.78, 5) is 38.2. The summed E-state index contributed by atoms with van der Waals surface area (Å²) in [6.45, 7) is 4.23. The fourth-order valence-corrected chi connectivity index (χ4v) is 5.49. The molecule has 0 aromatic heterocycles. The molecule has 2 aromatic rings. The molecule has 0 aliphatic heterocycles. The fourth-order valence-electron chi connectivity index (χ4n) is 5.49. The highest BCUT2D eigenvalue weighted by atomic mass is 16.5. The Morgan fingerprint density at radius 1 is 1.03 bits per heavy atom. The summed E-state index contributed by atoms with van der Waals surface area (Å²) >= 11 is 0. The van der Waals surface area contributed by atoms with Gasteiger partial charge in [-0.05, 0) is 54.9 Å². The summed E-state index contributed by atoms with van der Waals surface area (Å²) in [5.74, 6) is -0.955. The molecule has 2 N–H and O–H groups in total. The van der Waals surface area contributed by atoms with Crippen LogP contribution in [0.5, 0.6) is 0 Å². The van der Waals surface area contributed by atoms with E-state index < -0.39 is 12.1 Å². The van der Waals surface area contributed by atoms with Crippen molar-refractivity contribution in [1.82, 2.24) is 10.2 Å². The molecule has 0 spiro atoms. The molecule has 4 rings (SSSR count). The highest BCUT2D eigenvalue weighted by Gasteiger charge is 2.33. The van der Waals surface area contributed by atoms with Gasteiger partial charge < -0.3 is 20.1 Å². The molecule has 7 nitrogen and oxygen atoms in total. The molecule has 2 aliphatic carbocycles. The maximum Gasteiger partial charge on any atom is 0.407 e. The van der Waals surface area contributed by atoms with Crippen molar-refractivity contribution in [3.05, 3.63) is 59.7 Å². The number of hydrogen-bond donors (Lipinski definition) is 2. The molecule has 186 valence electrons. The molecule has 2 atom stereocenters. The number of carbonyl (C=O) groups is 3. The quantitative estimate of drug-likeness (QED) is 0.540. The SMILES string of the molecule is CC(C)N(CCC(=O)O)C(=O)C[C@@H]1CCC[C@H]1NC(=O)OCC1c2ccccc2-c2ccccc21. The van der Waals surface area contributed by atoms with Crippen molar-refractivity contribution in [3.8, 4) is 11.1 Å². The number of amides is 2. The Morgan fingerprint density at radius 3 is 2.26 bits per heavy atom. The number of rotatable bonds is 9. The summed E-state index contributed by atoms with van der Waals surface area (Å²) in [7, 11) is 0. The maximum atomic E-state index is 12.9. The minimum atomic E-state index is -0.917. The number of aliphatic carboxylic acids is 1. The van der Waals surface area contributed by atoms with E-state index in [2.05, 4.69) is 29.6 Å². The Hall–Kier alpha value is -3.35. The average molecular weight is 479 g/mol. The zero-order valence-electron chi connectivity index (χ0n) is 20.4. The van der Waals surface area contributed by atoms with Crippen LogP contribution in [0.25, 0.3) is 11.1 Å². The summed E-state index contributed by atoms with van der Waals surface area (Å²) < 4.78 is 5.69. The van der Waals surface area contributed by atoms with E-state index in [1.165, 1.54) is 22.3 Å². The first-order chi connectivity index (χ1) is 16.8. The second-order valence-corrected chi connectivity index (χ2v) is 9.80. The molecule has 0 bridgehead atoms. The Balaban J connectivity index is 1.33. The van der Waals surface area contributed by atoms with Crippen molar-refractivity contribution < 1.29 is 24.2 Å². The van der Waals surface area contributed by atoms with Crippen LogP contribution in [0.3, 0.4) is 0 Å². The minimum Gasteiger partial charge on any atom is -0.481 e. The van der Waals surface area contributed by atoms with Crippen LogP contribution < -0.4 is 5.32 Å². The number of nitrogens with zero attached hydrogens (tertiary/aromatic N) is 1. The first-order valence-electron chi connectivity index (χ1n) is 12.5. The molecule has 0 saturated heterocycles. The molecule has 0 unspecified atom stereocenters. The number of nitrogens with one attached hydrogen (secondary N) is 1. The number of carbonyl (C=O) groups excluding carboxylic acids is 2. The number of ether oxygens (including phenoxy) is 1. The van der Waals surface area contributed by atoms with Gasteiger partial charge in [0.1, 0.15) is 6.61 Å². The third kappa shape index (κ3) is 5.66. The normalized spacial score (nSPS) is 18.7. The van der Waals surface area contributed by atoms with E-state index in [0.717, 1.165) is 19.3 Å². The lowest BCUT2D eigenvalue weighted by atomic mass is 9.98. The van der Waals surface area contributed by atoms with Crippen LogP contribution >= 0.6 is 0 Å². The number of alkyl carbamates (subject to hydrolysis) is 1. The standard InChI is InChI=1S/C28H34N2O5/c1-18(2)30(15-14-27(32)33)26(31)16-19-8-7-13-25(19)29-28(34)35-17-24-22-11-5-3-9-20(22)21-10-4-6-12-23(21)24/h3-6,9-12,18-19,24-25H,7-8,13-17H2,1-2H3,(H,29,34)(H,32,33)/t19-,25+/m0/s1. The highest BCUT2D eigenvalue weighted by molar-refractivity contribution is 5.79. The third-order valence-corrected chi connectivity index (χ3v) is 7.25. The lowest BCUT2D eigenvalue weighted by molar-refractivity contribution is -0.139. The van der Waals surface area contributed by atoms with E-state index in [4.69, 9.17) is 9.84 Å². The second-order valence-electron chi connectivity index (χ2n) is 9.80. The smallest absolute Gasteiger partial charge is 0.407 e. The highest BCUT2D eigenvalue weighted by Crippen LogP contribution is 2.44. The molecule has 2 amide bonds. The first kappa shape index (κ1) is 24.8. The van der Waals surface area contributed by atoms with Crippen LogP contribution in [0.1, 0.15) is 63.0 Å². The Bertz CT molecular complexity index is 1040. The number of carboxylic acids is 1. The number of carboxylic acid groups (broad SMARTS) is 1. The van der Waals surface area contributed by atoms with E-state index in [1.807, 2.05) is 38.1 Å². The molecule has 1 fully saturated rings. The molecule has 7 heteroatoms. The molecule has 2 aliphatic rings. The lowest BCUT2D eigenvalue weighted by Crippen LogP contribution is -2.43. The van der Waals surface area contributed by atoms with E-state index in [1.54, 1.807) is 4.90 Å². The van der Waals surface area contributed by atoms with Gasteiger partial charge in [0.2, 0.25) is 5.91 Å². The summed E-state index contributed by atoms with van der Waals surface area (Å²) in [6.07, 6.45) is 2.36. The zero-order valence-corrected chi connectivity index (χ0v) is 20.4. The number of fused-ring (bicyclic) bond motifs is 3. The van der Waals surface area contributed by atoms with Gasteiger partial charge in [0, 0.05) is 31.0 Å². The summed E-state index contributed by atoms with van der Waals surface area (Å²) in [5.41, 5.74) is 4.70. The van der Waals surface area contributed by atoms with Crippen LogP contribution in [0.15, 0.2) is 48.5 Å². The third-order valence-electron chi connectivity index (χ3n) is 7.25. The van der Waals surface area contributed by atoms with Crippen molar-refractivity contribution in [3.63, 3.8) is 0 Å². The summed E-state index contributed by atoms with van der Waals surface area (Å²) in [5, 5.41) is 12.0. The van der Waals surface area contributed by atoms with Crippen LogP contribution in [-0.4, -0.2) is 53.2 Å². The Kier molecular flexibility index (Phi) is 7.73. The predicted octanol–water partition coefficient (Wildman–Crippen LogP) is 4.80. The molecule has 0 radical (unpaired) electrons. The van der Waals surface area contributed by atoms with Crippen molar-refractivity contribution in [2.45, 2.75) is 64.0 Å². The van der Waals surface area contributed by atoms with Crippen molar-refractivity contribution >= 4 is 18.0 Å². The van der Waals surface area contributed by atoms with Crippen molar-refractivity contribution in [1.29, 1.82) is 0 Å². The fraction of sp³-hybridized carbons (Fsp3) is 0.464. The van der Waals surface area contributed by atoms with Gasteiger partial charge in [-0.3, -0.25) is 9.59 Å². The predicted molar refractivity (Wildman–Crippen MR) is 133 cm³/mol. The maximum absolute atomic E-state index is 12.9. The van der Waals surface area contributed by atoms with Crippen LogP contribution in [0.4, 0.5) is 4.79 Å². The molecular weight excluding hydrogens is 444 g/mol. The zero-order chi connectivity index (χ0) is 24.9. The summed E-state index contributed by atoms with van der Waals surface area (Å²) in [6, 6.07) is 16.2. The minimum absolute atomic E-state index is 0.00272. The lowest BCUT2D eigenvalue weighted by Gasteiger charge is -2.29. The van der Waals surface area contributed by atoms with E-state index in [0.29, 0.717) is 6.42 Å². The van der Waals surface area contributed by atoms with Crippen molar-refractivity contribution in [2.24, 2.45) is 5.92 Å². The van der Waals surface area contributed by atoms with Gasteiger partial charge in [-0.2, -0.15) is 0 Å². The second kappa shape index (κ2) is 10.9. The molecule has 2 aromatic carbocycles. The number of hydrogen-bond acceptors (Lipinski definition) is 4. The van der Waals surface area contributed by atoms with Gasteiger partial charge in [-0.25, -0.2) is 4.79 Å². The molecule has 0 heterocycles. The first-order valence-corrected chi connectivity index (χ1v) is 12.5. The molecule has 1 saturated carbocycles. The van der Waals surface area contributed by atoms with E-state index in [9.17, 15) is 14.4 Å². The van der Waals surface area contributed by atoms with Gasteiger partial charge in [0.15, 0.2) is 0 Å². The van der Waals surface area contributed by atoms with Crippen LogP contribution in [-0.2, 0) is 14.3 Å². The average Bonchev–Trinajstić information content (AvgIpc) is 3.39. The van der Waals surface area contributed by atoms with Gasteiger partial charge in [0.25, 0.3) is 0 Å². The van der Waals surface area contributed by atoms with Gasteiger partial charge in [0.05, 0.1) is 6.42 Å². The van der Waals surface area contributed by atoms with Gasteiger partial charge in [-0.15, -0.1) is 0 Å². The van der Waals surface area contributed by atoms with E-state index in [-0.39, 0.29) is 49.4 Å². The van der Waals surface area contributed by atoms with Gasteiger partial charge in [-0.1, -0.05) is 55.0 Å². The van der Waals surface area contributed by atoms with Gasteiger partial charge >= 0.3 is 12.1 Å². The number of benzene rings is 2. The van der Waals surface area contributed by atoms with E-state index >= 15 is 0 Å². The molecule has 35 heavy (non-hydrogen) atoms. The van der Waals surface area contributed by atoms with Crippen molar-refractivity contribution in [2.75, 3.05) is 13.2 Å². The topological polar surface area (TPSA) is 95.9 Å². The largest absolute Gasteiger partial charge is 0.481 e.